The number of aryl methyl sites for hydroxylation is 2. The van der Waals surface area contributed by atoms with Crippen molar-refractivity contribution in [2.75, 3.05) is 6.54 Å². The van der Waals surface area contributed by atoms with E-state index in [1.54, 1.807) is 6.92 Å². The Morgan fingerprint density at radius 2 is 2.00 bits per heavy atom. The van der Waals surface area contributed by atoms with Gasteiger partial charge in [-0.3, -0.25) is 14.2 Å². The number of nitrogens with zero attached hydrogens (tertiary/aromatic N) is 2. The third-order valence-electron chi connectivity index (χ3n) is 3.32. The molecule has 2 rings (SSSR count). The molecule has 6 nitrogen and oxygen atoms in total. The molecule has 0 saturated heterocycles. The molecule has 1 atom stereocenters. The highest BCUT2D eigenvalue weighted by Crippen LogP contribution is 2.17. The van der Waals surface area contributed by atoms with Crippen molar-refractivity contribution in [1.29, 1.82) is 0 Å². The number of benzene rings is 1. The number of carbonyl (C=O) groups excluding carboxylic acids is 1. The molecular weight excluding hydrogens is 294 g/mol. The molecule has 1 aromatic carbocycles. The maximum Gasteiger partial charge on any atom is 0.260 e. The van der Waals surface area contributed by atoms with Gasteiger partial charge in [0.05, 0.1) is 6.33 Å². The molecule has 0 saturated carbocycles. The summed E-state index contributed by atoms with van der Waals surface area (Å²) in [6.07, 6.45) is 2.28. The molecule has 0 fully saturated rings. The molecule has 1 aromatic heterocycles. The first-order chi connectivity index (χ1) is 11.0. The lowest BCUT2D eigenvalue weighted by atomic mass is 10.1. The van der Waals surface area contributed by atoms with Gasteiger partial charge in [-0.15, -0.1) is 0 Å². The maximum atomic E-state index is 12.1. The topological polar surface area (TPSA) is 73.2 Å². The van der Waals surface area contributed by atoms with Crippen LogP contribution in [0.3, 0.4) is 0 Å². The molecule has 1 amide bonds. The Hall–Kier alpha value is -2.63. The van der Waals surface area contributed by atoms with E-state index in [4.69, 9.17) is 4.74 Å². The van der Waals surface area contributed by atoms with Gasteiger partial charge >= 0.3 is 0 Å². The van der Waals surface area contributed by atoms with E-state index in [2.05, 4.69) is 10.3 Å². The van der Waals surface area contributed by atoms with Gasteiger partial charge in [-0.1, -0.05) is 6.07 Å². The van der Waals surface area contributed by atoms with Gasteiger partial charge in [-0.2, -0.15) is 0 Å². The van der Waals surface area contributed by atoms with Crippen molar-refractivity contribution in [1.82, 2.24) is 14.9 Å². The first kappa shape index (κ1) is 16.7. The summed E-state index contributed by atoms with van der Waals surface area (Å²) in [6, 6.07) is 7.22. The fraction of sp³-hybridized carbons (Fsp3) is 0.353. The fourth-order valence-corrected chi connectivity index (χ4v) is 2.25. The molecule has 0 aliphatic rings. The summed E-state index contributed by atoms with van der Waals surface area (Å²) in [4.78, 5) is 27.4. The maximum absolute atomic E-state index is 12.1. The van der Waals surface area contributed by atoms with Gasteiger partial charge in [0.2, 0.25) is 0 Å². The monoisotopic (exact) mass is 315 g/mol. The van der Waals surface area contributed by atoms with Crippen LogP contribution < -0.4 is 15.6 Å². The Balaban J connectivity index is 1.85. The van der Waals surface area contributed by atoms with Crippen molar-refractivity contribution < 1.29 is 9.53 Å². The predicted octanol–water partition coefficient (Wildman–Crippen LogP) is 1.44. The highest BCUT2D eigenvalue weighted by atomic mass is 16.5. The molecule has 1 unspecified atom stereocenters. The summed E-state index contributed by atoms with van der Waals surface area (Å²) in [6.45, 7) is 6.37. The fourth-order valence-electron chi connectivity index (χ4n) is 2.25. The van der Waals surface area contributed by atoms with Gasteiger partial charge in [-0.05, 0) is 44.0 Å². The number of hydrogen-bond acceptors (Lipinski definition) is 4. The minimum absolute atomic E-state index is 0.145. The van der Waals surface area contributed by atoms with Gasteiger partial charge < -0.3 is 10.1 Å². The van der Waals surface area contributed by atoms with E-state index in [0.29, 0.717) is 18.8 Å². The van der Waals surface area contributed by atoms with Crippen molar-refractivity contribution in [2.24, 2.45) is 0 Å². The smallest absolute Gasteiger partial charge is 0.260 e. The minimum Gasteiger partial charge on any atom is -0.481 e. The molecule has 0 aliphatic heterocycles. The molecule has 0 radical (unpaired) electrons. The van der Waals surface area contributed by atoms with Crippen LogP contribution in [-0.2, 0) is 11.3 Å². The van der Waals surface area contributed by atoms with E-state index in [-0.39, 0.29) is 11.5 Å². The Bertz CT molecular complexity index is 720. The van der Waals surface area contributed by atoms with Gasteiger partial charge in [0, 0.05) is 25.4 Å². The lowest BCUT2D eigenvalue weighted by molar-refractivity contribution is -0.127. The summed E-state index contributed by atoms with van der Waals surface area (Å²) >= 11 is 0. The molecule has 0 aliphatic carbocycles. The average molecular weight is 315 g/mol. The first-order valence-corrected chi connectivity index (χ1v) is 7.49. The normalized spacial score (nSPS) is 11.8. The third-order valence-corrected chi connectivity index (χ3v) is 3.32. The Morgan fingerprint density at radius 3 is 2.65 bits per heavy atom. The molecule has 2 aromatic rings. The number of nitrogens with one attached hydrogen (secondary N) is 1. The summed E-state index contributed by atoms with van der Waals surface area (Å²) in [5, 5.41) is 2.76. The van der Waals surface area contributed by atoms with E-state index >= 15 is 0 Å². The standard InChI is InChI=1S/C17H21N3O3/c1-12-8-13(2)10-15(9-12)23-14(3)17(22)19-6-7-20-11-18-5-4-16(20)21/h4-5,8-11,14H,6-7H2,1-3H3,(H,19,22). The second-order valence-corrected chi connectivity index (χ2v) is 5.49. The molecule has 1 N–H and O–H groups in total. The Kier molecular flexibility index (Phi) is 5.51. The summed E-state index contributed by atoms with van der Waals surface area (Å²) in [5.74, 6) is 0.453. The minimum atomic E-state index is -0.609. The number of carbonyl (C=O) groups is 1. The van der Waals surface area contributed by atoms with Crippen LogP contribution in [0.2, 0.25) is 0 Å². The Morgan fingerprint density at radius 1 is 1.30 bits per heavy atom. The zero-order valence-electron chi connectivity index (χ0n) is 13.6. The number of aromatic nitrogens is 2. The lowest BCUT2D eigenvalue weighted by Crippen LogP contribution is -2.38. The molecule has 0 bridgehead atoms. The molecule has 6 heteroatoms. The van der Waals surface area contributed by atoms with Crippen LogP contribution >= 0.6 is 0 Å². The predicted molar refractivity (Wildman–Crippen MR) is 87.5 cm³/mol. The summed E-state index contributed by atoms with van der Waals surface area (Å²) < 4.78 is 7.11. The molecule has 1 heterocycles. The molecule has 23 heavy (non-hydrogen) atoms. The van der Waals surface area contributed by atoms with Crippen molar-refractivity contribution >= 4 is 5.91 Å². The quantitative estimate of drug-likeness (QED) is 0.875. The van der Waals surface area contributed by atoms with Crippen molar-refractivity contribution in [3.05, 3.63) is 58.3 Å². The average Bonchev–Trinajstić information content (AvgIpc) is 2.48. The molecular formula is C17H21N3O3. The summed E-state index contributed by atoms with van der Waals surface area (Å²) in [7, 11) is 0. The van der Waals surface area contributed by atoms with Crippen molar-refractivity contribution in [3.63, 3.8) is 0 Å². The van der Waals surface area contributed by atoms with E-state index in [1.165, 1.54) is 23.2 Å². The van der Waals surface area contributed by atoms with E-state index in [0.717, 1.165) is 11.1 Å². The number of hydrogen-bond donors (Lipinski definition) is 1. The largest absolute Gasteiger partial charge is 0.481 e. The van der Waals surface area contributed by atoms with E-state index < -0.39 is 6.10 Å². The lowest BCUT2D eigenvalue weighted by Gasteiger charge is -2.16. The SMILES string of the molecule is Cc1cc(C)cc(OC(C)C(=O)NCCn2cnccc2=O)c1. The van der Waals surface area contributed by atoms with Gasteiger partial charge in [0.25, 0.3) is 11.5 Å². The van der Waals surface area contributed by atoms with Gasteiger partial charge in [0.1, 0.15) is 5.75 Å². The first-order valence-electron chi connectivity index (χ1n) is 7.49. The molecule has 0 spiro atoms. The van der Waals surface area contributed by atoms with Crippen LogP contribution in [0, 0.1) is 13.8 Å². The van der Waals surface area contributed by atoms with Crippen LogP contribution in [0.1, 0.15) is 18.1 Å². The number of amides is 1. The van der Waals surface area contributed by atoms with Crippen molar-refractivity contribution in [2.45, 2.75) is 33.4 Å². The zero-order valence-corrected chi connectivity index (χ0v) is 13.6. The van der Waals surface area contributed by atoms with Crippen LogP contribution in [0.4, 0.5) is 0 Å². The number of ether oxygens (including phenoxy) is 1. The number of rotatable bonds is 6. The second-order valence-electron chi connectivity index (χ2n) is 5.49. The summed E-state index contributed by atoms with van der Waals surface area (Å²) in [5.41, 5.74) is 2.03. The van der Waals surface area contributed by atoms with Gasteiger partial charge in [0.15, 0.2) is 6.10 Å². The van der Waals surface area contributed by atoms with Crippen LogP contribution in [-0.4, -0.2) is 28.1 Å². The van der Waals surface area contributed by atoms with Gasteiger partial charge in [-0.25, -0.2) is 4.98 Å². The van der Waals surface area contributed by atoms with Crippen LogP contribution in [0.5, 0.6) is 5.75 Å². The third kappa shape index (κ3) is 4.95. The zero-order chi connectivity index (χ0) is 16.8. The van der Waals surface area contributed by atoms with Crippen LogP contribution in [0.25, 0.3) is 0 Å². The highest BCUT2D eigenvalue weighted by molar-refractivity contribution is 5.80. The van der Waals surface area contributed by atoms with Crippen molar-refractivity contribution in [3.8, 4) is 5.75 Å². The second kappa shape index (κ2) is 7.58. The van der Waals surface area contributed by atoms with E-state index in [9.17, 15) is 9.59 Å². The molecule has 122 valence electrons. The van der Waals surface area contributed by atoms with E-state index in [1.807, 2.05) is 32.0 Å². The Labute approximate surface area is 135 Å². The highest BCUT2D eigenvalue weighted by Gasteiger charge is 2.14. The van der Waals surface area contributed by atoms with Crippen LogP contribution in [0.15, 0.2) is 41.6 Å².